The maximum Gasteiger partial charge on any atom is 0.264 e. The molecule has 1 rings (SSSR count). The molecule has 0 aromatic carbocycles. The second kappa shape index (κ2) is 9.31. The van der Waals surface area contributed by atoms with Crippen molar-refractivity contribution < 1.29 is 21.8 Å². The van der Waals surface area contributed by atoms with E-state index in [4.69, 9.17) is 13.3 Å². The Hall–Kier alpha value is 0.0469. The second-order valence-electron chi connectivity index (χ2n) is 8.78. The predicted octanol–water partition coefficient (Wildman–Crippen LogP) is 4.48. The monoisotopic (exact) mass is 394 g/mol. The molecule has 150 valence electrons. The third-order valence-electron chi connectivity index (χ3n) is 5.38. The highest BCUT2D eigenvalue weighted by Gasteiger charge is 2.39. The van der Waals surface area contributed by atoms with Gasteiger partial charge in [-0.3, -0.25) is 4.18 Å². The summed E-state index contributed by atoms with van der Waals surface area (Å²) in [6.07, 6.45) is 6.22. The fourth-order valence-electron chi connectivity index (χ4n) is 2.76. The average Bonchev–Trinajstić information content (AvgIpc) is 2.91. The molecule has 0 aliphatic carbocycles. The van der Waals surface area contributed by atoms with Crippen LogP contribution in [-0.2, 0) is 23.5 Å². The van der Waals surface area contributed by atoms with Crippen molar-refractivity contribution in [3.8, 4) is 0 Å². The van der Waals surface area contributed by atoms with Crippen LogP contribution in [0.2, 0.25) is 18.1 Å². The van der Waals surface area contributed by atoms with Gasteiger partial charge in [-0.25, -0.2) is 0 Å². The smallest absolute Gasteiger partial charge is 0.264 e. The lowest BCUT2D eigenvalue weighted by Gasteiger charge is -2.37. The van der Waals surface area contributed by atoms with Gasteiger partial charge in [-0.05, 0) is 37.4 Å². The summed E-state index contributed by atoms with van der Waals surface area (Å²) in [6, 6.07) is 0. The number of hydrogen-bond donors (Lipinski definition) is 0. The minimum absolute atomic E-state index is 0.0379. The van der Waals surface area contributed by atoms with E-state index >= 15 is 0 Å². The molecule has 1 aliphatic heterocycles. The van der Waals surface area contributed by atoms with E-state index in [-0.39, 0.29) is 23.4 Å². The minimum Gasteiger partial charge on any atom is -0.414 e. The first kappa shape index (κ1) is 23.1. The van der Waals surface area contributed by atoms with Gasteiger partial charge in [-0.1, -0.05) is 47.0 Å². The summed E-state index contributed by atoms with van der Waals surface area (Å²) in [7, 11) is -5.27. The number of ether oxygens (including phenoxy) is 1. The molecule has 0 N–H and O–H groups in total. The maximum atomic E-state index is 11.6. The molecule has 0 bridgehead atoms. The zero-order valence-electron chi connectivity index (χ0n) is 17.1. The molecule has 0 spiro atoms. The summed E-state index contributed by atoms with van der Waals surface area (Å²) < 4.78 is 40.9. The number of hydrogen-bond acceptors (Lipinski definition) is 5. The molecule has 0 unspecified atom stereocenters. The summed E-state index contributed by atoms with van der Waals surface area (Å²) in [5.74, 6) is 0. The van der Waals surface area contributed by atoms with E-state index in [2.05, 4.69) is 40.8 Å². The van der Waals surface area contributed by atoms with Gasteiger partial charge in [0, 0.05) is 0 Å². The highest BCUT2D eigenvalue weighted by atomic mass is 32.2. The molecule has 1 saturated heterocycles. The number of rotatable bonds is 10. The summed E-state index contributed by atoms with van der Waals surface area (Å²) in [4.78, 5) is 0. The topological polar surface area (TPSA) is 61.8 Å². The Balaban J connectivity index is 2.58. The summed E-state index contributed by atoms with van der Waals surface area (Å²) in [5.41, 5.74) is 0. The van der Waals surface area contributed by atoms with Gasteiger partial charge in [-0.15, -0.1) is 0 Å². The Bertz CT molecular complexity index is 498. The van der Waals surface area contributed by atoms with Crippen molar-refractivity contribution in [2.45, 2.75) is 103 Å². The average molecular weight is 395 g/mol. The quantitative estimate of drug-likeness (QED) is 0.310. The van der Waals surface area contributed by atoms with Crippen molar-refractivity contribution in [2.24, 2.45) is 0 Å². The van der Waals surface area contributed by atoms with Gasteiger partial charge in [0.2, 0.25) is 0 Å². The molecule has 3 atom stereocenters. The first-order valence-electron chi connectivity index (χ1n) is 9.53. The van der Waals surface area contributed by atoms with Crippen molar-refractivity contribution in [2.75, 3.05) is 12.9 Å². The van der Waals surface area contributed by atoms with Gasteiger partial charge < -0.3 is 9.16 Å². The van der Waals surface area contributed by atoms with Crippen molar-refractivity contribution in [1.29, 1.82) is 0 Å². The molecule has 1 aliphatic rings. The third-order valence-corrected chi connectivity index (χ3v) is 10.5. The van der Waals surface area contributed by atoms with Crippen LogP contribution in [0.15, 0.2) is 0 Å². The third kappa shape index (κ3) is 8.07. The lowest BCUT2D eigenvalue weighted by molar-refractivity contribution is -0.0389. The minimum atomic E-state index is -3.47. The lowest BCUT2D eigenvalue weighted by atomic mass is 10.0. The molecule has 0 saturated carbocycles. The Morgan fingerprint density at radius 1 is 1.20 bits per heavy atom. The van der Waals surface area contributed by atoms with E-state index in [1.807, 2.05) is 0 Å². The molecule has 5 nitrogen and oxygen atoms in total. The Morgan fingerprint density at radius 3 is 2.36 bits per heavy atom. The van der Waals surface area contributed by atoms with E-state index < -0.39 is 18.4 Å². The van der Waals surface area contributed by atoms with Crippen molar-refractivity contribution in [3.05, 3.63) is 0 Å². The molecule has 0 aromatic rings. The van der Waals surface area contributed by atoms with E-state index in [9.17, 15) is 8.42 Å². The van der Waals surface area contributed by atoms with Gasteiger partial charge in [0.05, 0.1) is 25.1 Å². The summed E-state index contributed by atoms with van der Waals surface area (Å²) in [5, 5.41) is 0.174. The standard InChI is InChI=1S/C18H38O5SSi/c1-8-9-10-11-17(23-24(5,19)20)16-13-12-15(22-16)14-21-25(6,7)18(2,3)4/h15-17H,8-14H2,1-7H3/t15-,16+,17+/m1/s1. The first-order valence-corrected chi connectivity index (χ1v) is 14.3. The van der Waals surface area contributed by atoms with Crippen LogP contribution >= 0.6 is 0 Å². The molecule has 7 heteroatoms. The zero-order chi connectivity index (χ0) is 19.3. The van der Waals surface area contributed by atoms with Gasteiger partial charge in [0.15, 0.2) is 8.32 Å². The first-order chi connectivity index (χ1) is 11.4. The van der Waals surface area contributed by atoms with Crippen LogP contribution < -0.4 is 0 Å². The van der Waals surface area contributed by atoms with Gasteiger partial charge in [0.1, 0.15) is 6.10 Å². The van der Waals surface area contributed by atoms with Crippen LogP contribution in [-0.4, -0.2) is 47.9 Å². The lowest BCUT2D eigenvalue weighted by Crippen LogP contribution is -2.42. The zero-order valence-corrected chi connectivity index (χ0v) is 18.9. The number of unbranched alkanes of at least 4 members (excludes halogenated alkanes) is 2. The fraction of sp³-hybridized carbons (Fsp3) is 1.00. The van der Waals surface area contributed by atoms with Crippen LogP contribution in [0.4, 0.5) is 0 Å². The Labute approximate surface area is 156 Å². The summed E-state index contributed by atoms with van der Waals surface area (Å²) >= 11 is 0. The Morgan fingerprint density at radius 2 is 1.84 bits per heavy atom. The van der Waals surface area contributed by atoms with Crippen LogP contribution in [0.25, 0.3) is 0 Å². The van der Waals surface area contributed by atoms with Crippen molar-refractivity contribution >= 4 is 18.4 Å². The Kier molecular flexibility index (Phi) is 8.59. The maximum absolute atomic E-state index is 11.6. The highest BCUT2D eigenvalue weighted by molar-refractivity contribution is 7.86. The van der Waals surface area contributed by atoms with Gasteiger partial charge in [-0.2, -0.15) is 8.42 Å². The molecule has 0 aromatic heterocycles. The van der Waals surface area contributed by atoms with E-state index in [0.29, 0.717) is 6.61 Å². The molecular formula is C18H38O5SSi. The highest BCUT2D eigenvalue weighted by Crippen LogP contribution is 2.37. The van der Waals surface area contributed by atoms with Crippen LogP contribution in [0.3, 0.4) is 0 Å². The molecule has 1 heterocycles. The normalized spacial score (nSPS) is 23.8. The van der Waals surface area contributed by atoms with E-state index in [0.717, 1.165) is 44.8 Å². The van der Waals surface area contributed by atoms with Gasteiger partial charge in [0.25, 0.3) is 10.1 Å². The fourth-order valence-corrected chi connectivity index (χ4v) is 4.47. The van der Waals surface area contributed by atoms with E-state index in [1.165, 1.54) is 0 Å². The summed E-state index contributed by atoms with van der Waals surface area (Å²) in [6.45, 7) is 13.9. The van der Waals surface area contributed by atoms with Crippen molar-refractivity contribution in [3.63, 3.8) is 0 Å². The largest absolute Gasteiger partial charge is 0.414 e. The van der Waals surface area contributed by atoms with Crippen LogP contribution in [0.5, 0.6) is 0 Å². The van der Waals surface area contributed by atoms with Gasteiger partial charge >= 0.3 is 0 Å². The molecular weight excluding hydrogens is 356 g/mol. The van der Waals surface area contributed by atoms with Crippen molar-refractivity contribution in [1.82, 2.24) is 0 Å². The SMILES string of the molecule is CCCCC[C@H](OS(C)(=O)=O)[C@@H]1CC[C@H](CO[Si](C)(C)C(C)(C)C)O1. The molecule has 1 fully saturated rings. The second-order valence-corrected chi connectivity index (χ2v) is 15.2. The molecule has 25 heavy (non-hydrogen) atoms. The molecule has 0 radical (unpaired) electrons. The molecule has 0 amide bonds. The van der Waals surface area contributed by atoms with Crippen LogP contribution in [0.1, 0.15) is 66.2 Å². The van der Waals surface area contributed by atoms with E-state index in [1.54, 1.807) is 0 Å². The predicted molar refractivity (Wildman–Crippen MR) is 105 cm³/mol. The van der Waals surface area contributed by atoms with Crippen LogP contribution in [0, 0.1) is 0 Å².